The molecule has 2 heterocycles. The van der Waals surface area contributed by atoms with Gasteiger partial charge in [-0.2, -0.15) is 13.2 Å². The Balaban J connectivity index is 1.49. The number of aromatic nitrogens is 2. The molecule has 12 heteroatoms. The monoisotopic (exact) mass is 560 g/mol. The van der Waals surface area contributed by atoms with Gasteiger partial charge in [0.05, 0.1) is 24.8 Å². The molecular formula is C28H28F4N4O4. The molecule has 0 atom stereocenters. The molecule has 0 spiro atoms. The first-order valence-electron chi connectivity index (χ1n) is 12.7. The average molecular weight is 561 g/mol. The summed E-state index contributed by atoms with van der Waals surface area (Å²) in [5, 5.41) is 12.1. The van der Waals surface area contributed by atoms with Crippen LogP contribution in [0.3, 0.4) is 0 Å². The molecule has 4 rings (SSSR count). The van der Waals surface area contributed by atoms with Gasteiger partial charge in [-0.1, -0.05) is 18.2 Å². The Hall–Kier alpha value is -4.22. The zero-order chi connectivity index (χ0) is 28.9. The lowest BCUT2D eigenvalue weighted by Crippen LogP contribution is -2.36. The maximum absolute atomic E-state index is 13.9. The summed E-state index contributed by atoms with van der Waals surface area (Å²) in [6, 6.07) is 11.1. The SMILES string of the molecule is COC(=O)Cc1ccc(F)cc1CCc1nc(Nc2ccc(C3CCN(C(=O)O)CC3)cc2)ncc1C(F)(F)F. The van der Waals surface area contributed by atoms with Crippen molar-refractivity contribution < 1.29 is 37.0 Å². The number of carbonyl (C=O) groups excluding carboxylic acids is 1. The number of piperidine rings is 1. The van der Waals surface area contributed by atoms with Crippen LogP contribution in [0.15, 0.2) is 48.7 Å². The second kappa shape index (κ2) is 12.3. The number of nitrogens with one attached hydrogen (secondary N) is 1. The van der Waals surface area contributed by atoms with Crippen molar-refractivity contribution in [3.05, 3.63) is 82.4 Å². The van der Waals surface area contributed by atoms with E-state index in [0.717, 1.165) is 11.8 Å². The second-order valence-corrected chi connectivity index (χ2v) is 9.51. The smallest absolute Gasteiger partial charge is 0.419 e. The summed E-state index contributed by atoms with van der Waals surface area (Å²) < 4.78 is 59.7. The first kappa shape index (κ1) is 28.8. The Kier molecular flexibility index (Phi) is 8.86. The van der Waals surface area contributed by atoms with Crippen molar-refractivity contribution in [1.29, 1.82) is 0 Å². The summed E-state index contributed by atoms with van der Waals surface area (Å²) in [6.45, 7) is 0.921. The van der Waals surface area contributed by atoms with Crippen LogP contribution in [0.5, 0.6) is 0 Å². The van der Waals surface area contributed by atoms with Gasteiger partial charge in [0.15, 0.2) is 0 Å². The van der Waals surface area contributed by atoms with Gasteiger partial charge in [-0.25, -0.2) is 19.2 Å². The largest absolute Gasteiger partial charge is 0.469 e. The molecule has 1 aromatic heterocycles. The third-order valence-corrected chi connectivity index (χ3v) is 6.94. The van der Waals surface area contributed by atoms with E-state index in [2.05, 4.69) is 20.0 Å². The van der Waals surface area contributed by atoms with Crippen LogP contribution < -0.4 is 5.32 Å². The number of alkyl halides is 3. The Bertz CT molecular complexity index is 1360. The van der Waals surface area contributed by atoms with Crippen LogP contribution >= 0.6 is 0 Å². The summed E-state index contributed by atoms with van der Waals surface area (Å²) in [7, 11) is 1.22. The molecule has 0 radical (unpaired) electrons. The molecule has 2 aromatic carbocycles. The van der Waals surface area contributed by atoms with Gasteiger partial charge in [0.25, 0.3) is 0 Å². The lowest BCUT2D eigenvalue weighted by atomic mass is 9.89. The molecule has 212 valence electrons. The molecule has 0 unspecified atom stereocenters. The summed E-state index contributed by atoms with van der Waals surface area (Å²) in [5.41, 5.74) is 1.21. The minimum Gasteiger partial charge on any atom is -0.469 e. The van der Waals surface area contributed by atoms with Gasteiger partial charge in [-0.15, -0.1) is 0 Å². The number of nitrogens with zero attached hydrogens (tertiary/aromatic N) is 3. The highest BCUT2D eigenvalue weighted by Crippen LogP contribution is 2.33. The van der Waals surface area contributed by atoms with Crippen LogP contribution in [-0.4, -0.2) is 52.2 Å². The fourth-order valence-corrected chi connectivity index (χ4v) is 4.76. The van der Waals surface area contributed by atoms with Crippen LogP contribution in [-0.2, 0) is 35.0 Å². The van der Waals surface area contributed by atoms with Crippen LogP contribution in [0.2, 0.25) is 0 Å². The molecule has 3 aromatic rings. The number of likely N-dealkylation sites (tertiary alicyclic amines) is 1. The van der Waals surface area contributed by atoms with E-state index in [4.69, 9.17) is 5.11 Å². The van der Waals surface area contributed by atoms with Crippen LogP contribution in [0.25, 0.3) is 0 Å². The quantitative estimate of drug-likeness (QED) is 0.268. The first-order chi connectivity index (χ1) is 19.0. The van der Waals surface area contributed by atoms with Crippen molar-refractivity contribution in [2.45, 2.75) is 44.2 Å². The standard InChI is InChI=1S/C28H28F4N4O4/c1-40-25(37)15-20-2-6-21(29)14-19(20)5-9-24-23(28(30,31)32)16-33-26(35-24)34-22-7-3-17(4-8-22)18-10-12-36(13-11-18)27(38)39/h2-4,6-8,14,16,18H,5,9-13,15H2,1H3,(H,38,39)(H,33,34,35). The van der Waals surface area contributed by atoms with E-state index in [1.807, 2.05) is 12.1 Å². The maximum Gasteiger partial charge on any atom is 0.419 e. The molecule has 1 saturated heterocycles. The van der Waals surface area contributed by atoms with Gasteiger partial charge in [0.2, 0.25) is 5.95 Å². The van der Waals surface area contributed by atoms with E-state index in [1.54, 1.807) is 12.1 Å². The zero-order valence-corrected chi connectivity index (χ0v) is 21.7. The van der Waals surface area contributed by atoms with Gasteiger partial charge in [0, 0.05) is 25.0 Å². The fraction of sp³-hybridized carbons (Fsp3) is 0.357. The first-order valence-corrected chi connectivity index (χ1v) is 12.7. The van der Waals surface area contributed by atoms with Gasteiger partial charge >= 0.3 is 18.2 Å². The number of benzene rings is 2. The molecule has 1 amide bonds. The zero-order valence-electron chi connectivity index (χ0n) is 21.7. The lowest BCUT2D eigenvalue weighted by Gasteiger charge is -2.30. The molecule has 2 N–H and O–H groups in total. The van der Waals surface area contributed by atoms with Crippen LogP contribution in [0.4, 0.5) is 34.0 Å². The fourth-order valence-electron chi connectivity index (χ4n) is 4.76. The predicted octanol–water partition coefficient (Wildman–Crippen LogP) is 5.74. The number of methoxy groups -OCH3 is 1. The summed E-state index contributed by atoms with van der Waals surface area (Å²) in [6.07, 6.45) is -3.78. The number of aryl methyl sites for hydroxylation is 2. The normalized spacial score (nSPS) is 14.2. The number of anilines is 2. The van der Waals surface area contributed by atoms with E-state index >= 15 is 0 Å². The van der Waals surface area contributed by atoms with E-state index in [9.17, 15) is 27.2 Å². The van der Waals surface area contributed by atoms with Crippen molar-refractivity contribution in [3.8, 4) is 0 Å². The number of amides is 1. The number of hydrogen-bond donors (Lipinski definition) is 2. The Morgan fingerprint density at radius 3 is 2.40 bits per heavy atom. The molecule has 0 aliphatic carbocycles. The average Bonchev–Trinajstić information content (AvgIpc) is 2.93. The maximum atomic E-state index is 13.9. The second-order valence-electron chi connectivity index (χ2n) is 9.51. The van der Waals surface area contributed by atoms with Crippen LogP contribution in [0, 0.1) is 5.82 Å². The van der Waals surface area contributed by atoms with Gasteiger partial charge < -0.3 is 20.1 Å². The predicted molar refractivity (Wildman–Crippen MR) is 138 cm³/mol. The van der Waals surface area contributed by atoms with E-state index in [1.165, 1.54) is 30.2 Å². The van der Waals surface area contributed by atoms with Crippen LogP contribution in [0.1, 0.15) is 46.7 Å². The summed E-state index contributed by atoms with van der Waals surface area (Å²) in [4.78, 5) is 32.2. The number of rotatable bonds is 8. The third kappa shape index (κ3) is 7.25. The molecule has 40 heavy (non-hydrogen) atoms. The van der Waals surface area contributed by atoms with Gasteiger partial charge in [-0.3, -0.25) is 4.79 Å². The Morgan fingerprint density at radius 2 is 1.77 bits per heavy atom. The highest BCUT2D eigenvalue weighted by atomic mass is 19.4. The number of carboxylic acid groups (broad SMARTS) is 1. The molecule has 1 fully saturated rings. The minimum atomic E-state index is -4.69. The highest BCUT2D eigenvalue weighted by molar-refractivity contribution is 5.73. The number of carbonyl (C=O) groups is 2. The van der Waals surface area contributed by atoms with Gasteiger partial charge in [-0.05, 0) is 72.6 Å². The number of halogens is 4. The summed E-state index contributed by atoms with van der Waals surface area (Å²) >= 11 is 0. The van der Waals surface area contributed by atoms with Crippen molar-refractivity contribution >= 4 is 23.7 Å². The van der Waals surface area contributed by atoms with E-state index in [-0.39, 0.29) is 36.8 Å². The molecule has 1 aliphatic rings. The van der Waals surface area contributed by atoms with E-state index < -0.39 is 29.6 Å². The molecule has 0 saturated carbocycles. The van der Waals surface area contributed by atoms with Crippen molar-refractivity contribution in [2.75, 3.05) is 25.5 Å². The number of esters is 1. The van der Waals surface area contributed by atoms with Crippen molar-refractivity contribution in [3.63, 3.8) is 0 Å². The molecular weight excluding hydrogens is 532 g/mol. The molecule has 0 bridgehead atoms. The minimum absolute atomic E-state index is 0.0129. The van der Waals surface area contributed by atoms with Crippen molar-refractivity contribution in [2.24, 2.45) is 0 Å². The Labute approximate surface area is 228 Å². The topological polar surface area (TPSA) is 105 Å². The number of ether oxygens (including phenoxy) is 1. The number of hydrogen-bond acceptors (Lipinski definition) is 6. The van der Waals surface area contributed by atoms with Gasteiger partial charge in [0.1, 0.15) is 5.82 Å². The highest BCUT2D eigenvalue weighted by Gasteiger charge is 2.35. The molecule has 8 nitrogen and oxygen atoms in total. The van der Waals surface area contributed by atoms with Crippen molar-refractivity contribution in [1.82, 2.24) is 14.9 Å². The molecule has 1 aliphatic heterocycles. The van der Waals surface area contributed by atoms with E-state index in [0.29, 0.717) is 42.7 Å². The lowest BCUT2D eigenvalue weighted by molar-refractivity contribution is -0.140. The third-order valence-electron chi connectivity index (χ3n) is 6.94. The summed E-state index contributed by atoms with van der Waals surface area (Å²) in [5.74, 6) is -0.931. The Morgan fingerprint density at radius 1 is 1.07 bits per heavy atom.